The molecule has 0 radical (unpaired) electrons. The van der Waals surface area contributed by atoms with E-state index in [-0.39, 0.29) is 34.7 Å². The number of halogens is 2. The van der Waals surface area contributed by atoms with Crippen molar-refractivity contribution in [2.75, 3.05) is 29.2 Å². The quantitative estimate of drug-likeness (QED) is 0.404. The number of hydrogen-bond donors (Lipinski definition) is 5. The second kappa shape index (κ2) is 8.73. The van der Waals surface area contributed by atoms with E-state index in [2.05, 4.69) is 50.4 Å². The van der Waals surface area contributed by atoms with E-state index in [1.54, 1.807) is 0 Å². The summed E-state index contributed by atoms with van der Waals surface area (Å²) in [6.07, 6.45) is 5.05. The predicted molar refractivity (Wildman–Crippen MR) is 126 cm³/mol. The molecule has 0 bridgehead atoms. The van der Waals surface area contributed by atoms with Gasteiger partial charge in [-0.3, -0.25) is 4.90 Å². The molecule has 3 fully saturated rings. The molecule has 11 nitrogen and oxygen atoms in total. The van der Waals surface area contributed by atoms with E-state index < -0.39 is 23.4 Å². The second-order valence-corrected chi connectivity index (χ2v) is 9.82. The number of hydrogen-bond acceptors (Lipinski definition) is 9. The molecular weight excluding hydrogens is 460 g/mol. The van der Waals surface area contributed by atoms with Crippen molar-refractivity contribution in [2.45, 2.75) is 57.2 Å². The Morgan fingerprint density at radius 1 is 1.23 bits per heavy atom. The highest BCUT2D eigenvalue weighted by Gasteiger charge is 2.43. The summed E-state index contributed by atoms with van der Waals surface area (Å²) in [5.41, 5.74) is 5.02. The Hall–Kier alpha value is -3.29. The molecule has 188 valence electrons. The van der Waals surface area contributed by atoms with Gasteiger partial charge in [0.2, 0.25) is 5.95 Å². The first-order chi connectivity index (χ1) is 16.6. The highest BCUT2D eigenvalue weighted by molar-refractivity contribution is 5.94. The van der Waals surface area contributed by atoms with Crippen molar-refractivity contribution in [3.63, 3.8) is 0 Å². The summed E-state index contributed by atoms with van der Waals surface area (Å²) >= 11 is 0. The Morgan fingerprint density at radius 3 is 2.77 bits per heavy atom. The fourth-order valence-corrected chi connectivity index (χ4v) is 5.32. The molecule has 4 heterocycles. The lowest BCUT2D eigenvalue weighted by Crippen LogP contribution is -2.55. The van der Waals surface area contributed by atoms with E-state index in [4.69, 9.17) is 0 Å². The van der Waals surface area contributed by atoms with Gasteiger partial charge in [0.15, 0.2) is 17.5 Å². The average Bonchev–Trinajstić information content (AvgIpc) is 3.40. The summed E-state index contributed by atoms with van der Waals surface area (Å²) in [6.45, 7) is 5.51. The number of phenolic OH excluding ortho intramolecular Hbond substituents is 1. The van der Waals surface area contributed by atoms with Crippen molar-refractivity contribution in [3.05, 3.63) is 30.0 Å². The number of phenols is 1. The van der Waals surface area contributed by atoms with Crippen LogP contribution in [0.25, 0.3) is 0 Å². The van der Waals surface area contributed by atoms with Gasteiger partial charge in [-0.05, 0) is 52.1 Å². The molecule has 1 aromatic heterocycles. The fourth-order valence-electron chi connectivity index (χ4n) is 5.32. The monoisotopic (exact) mass is 489 g/mol. The molecule has 0 saturated carbocycles. The molecule has 3 aliphatic rings. The normalized spacial score (nSPS) is 24.1. The van der Waals surface area contributed by atoms with Gasteiger partial charge in [0.25, 0.3) is 0 Å². The molecule has 1 aromatic carbocycles. The summed E-state index contributed by atoms with van der Waals surface area (Å²) in [4.78, 5) is 22.9. The number of fused-ring (bicyclic) bond motifs is 1. The van der Waals surface area contributed by atoms with Crippen molar-refractivity contribution in [1.29, 1.82) is 0 Å². The van der Waals surface area contributed by atoms with Crippen LogP contribution in [-0.2, 0) is 0 Å². The smallest absolute Gasteiger partial charge is 0.355 e. The Balaban J connectivity index is 1.36. The van der Waals surface area contributed by atoms with E-state index in [0.29, 0.717) is 6.04 Å². The third-order valence-electron chi connectivity index (χ3n) is 6.90. The lowest BCUT2D eigenvalue weighted by molar-refractivity contribution is 0.0500. The average molecular weight is 490 g/mol. The standard InChI is InChI=1S/C22H29F2N9O2/c1-22(2)10-12(7-13-5-4-6-32(13)22)26-19-15(24)11-25-20(28-19)27-16-9-17(18(34)8-14(16)23)33-21(35)31(3)29-30-33/h8-9,11-13,29-30,34H,4-7,10H2,1-3H3,(H2,25,26,27,28)/t12-,13+/m1/s1. The molecule has 0 aliphatic carbocycles. The molecule has 13 heteroatoms. The number of carbonyl (C=O) groups is 1. The first-order valence-electron chi connectivity index (χ1n) is 11.6. The maximum Gasteiger partial charge on any atom is 0.355 e. The molecule has 3 aliphatic heterocycles. The Labute approximate surface area is 201 Å². The van der Waals surface area contributed by atoms with E-state index >= 15 is 0 Å². The summed E-state index contributed by atoms with van der Waals surface area (Å²) in [7, 11) is 1.48. The molecule has 2 atom stereocenters. The van der Waals surface area contributed by atoms with Crippen LogP contribution in [0.2, 0.25) is 0 Å². The van der Waals surface area contributed by atoms with Crippen molar-refractivity contribution >= 4 is 29.2 Å². The van der Waals surface area contributed by atoms with Crippen LogP contribution < -0.4 is 26.7 Å². The van der Waals surface area contributed by atoms with Crippen LogP contribution in [0, 0.1) is 11.6 Å². The molecule has 5 N–H and O–H groups in total. The fraction of sp³-hybridized carbons (Fsp3) is 0.500. The molecule has 5 rings (SSSR count). The second-order valence-electron chi connectivity index (χ2n) is 9.82. The zero-order valence-corrected chi connectivity index (χ0v) is 19.8. The number of amides is 2. The number of nitrogens with one attached hydrogen (secondary N) is 4. The van der Waals surface area contributed by atoms with Crippen molar-refractivity contribution in [3.8, 4) is 5.75 Å². The number of hydrazine groups is 3. The molecule has 3 saturated heterocycles. The van der Waals surface area contributed by atoms with Crippen LogP contribution >= 0.6 is 0 Å². The number of piperidine rings is 1. The zero-order chi connectivity index (χ0) is 24.9. The minimum absolute atomic E-state index is 0.00163. The first kappa shape index (κ1) is 23.5. The molecule has 2 aromatic rings. The summed E-state index contributed by atoms with van der Waals surface area (Å²) in [5, 5.41) is 18.3. The van der Waals surface area contributed by atoms with Crippen LogP contribution in [0.4, 0.5) is 36.7 Å². The molecule has 35 heavy (non-hydrogen) atoms. The van der Waals surface area contributed by atoms with Crippen LogP contribution in [-0.4, -0.2) is 62.2 Å². The molecule has 0 spiro atoms. The van der Waals surface area contributed by atoms with Gasteiger partial charge in [-0.2, -0.15) is 4.98 Å². The molecule has 2 amide bonds. The van der Waals surface area contributed by atoms with E-state index in [1.807, 2.05) is 0 Å². The number of benzene rings is 1. The van der Waals surface area contributed by atoms with Gasteiger partial charge in [0.05, 0.1) is 11.9 Å². The summed E-state index contributed by atoms with van der Waals surface area (Å²) < 4.78 is 29.2. The maximum absolute atomic E-state index is 14.6. The van der Waals surface area contributed by atoms with Gasteiger partial charge in [-0.1, -0.05) is 0 Å². The van der Waals surface area contributed by atoms with Gasteiger partial charge in [0.1, 0.15) is 11.4 Å². The summed E-state index contributed by atoms with van der Waals surface area (Å²) in [6, 6.07) is 2.08. The number of nitrogens with zero attached hydrogens (tertiary/aromatic N) is 5. The number of carbonyl (C=O) groups excluding carboxylic acids is 1. The third-order valence-corrected chi connectivity index (χ3v) is 6.90. The predicted octanol–water partition coefficient (Wildman–Crippen LogP) is 2.82. The SMILES string of the molecule is CN1NNN(c2cc(Nc3ncc(F)c(N[C@@H]4C[C@@H]5CCCN5C(C)(C)C4)n3)c(F)cc2O)C1=O. The topological polar surface area (TPSA) is 121 Å². The summed E-state index contributed by atoms with van der Waals surface area (Å²) in [5.74, 6) is -1.84. The highest BCUT2D eigenvalue weighted by atomic mass is 19.1. The van der Waals surface area contributed by atoms with Gasteiger partial charge in [-0.15, -0.1) is 11.1 Å². The van der Waals surface area contributed by atoms with Crippen LogP contribution in [0.5, 0.6) is 5.75 Å². The minimum Gasteiger partial charge on any atom is -0.506 e. The van der Waals surface area contributed by atoms with Crippen LogP contribution in [0.15, 0.2) is 18.3 Å². The number of urea groups is 1. The largest absolute Gasteiger partial charge is 0.506 e. The maximum atomic E-state index is 14.6. The van der Waals surface area contributed by atoms with Crippen LogP contribution in [0.1, 0.15) is 39.5 Å². The minimum atomic E-state index is -0.794. The van der Waals surface area contributed by atoms with Crippen molar-refractivity contribution < 1.29 is 18.7 Å². The van der Waals surface area contributed by atoms with Crippen molar-refractivity contribution in [2.24, 2.45) is 0 Å². The van der Waals surface area contributed by atoms with Crippen molar-refractivity contribution in [1.82, 2.24) is 30.9 Å². The lowest BCUT2D eigenvalue weighted by Gasteiger charge is -2.47. The number of aromatic nitrogens is 2. The Morgan fingerprint density at radius 2 is 2.03 bits per heavy atom. The molecule has 0 unspecified atom stereocenters. The van der Waals surface area contributed by atoms with Gasteiger partial charge < -0.3 is 15.7 Å². The Kier molecular flexibility index (Phi) is 5.85. The third kappa shape index (κ3) is 4.42. The first-order valence-corrected chi connectivity index (χ1v) is 11.6. The number of aromatic hydroxyl groups is 1. The zero-order valence-electron chi connectivity index (χ0n) is 19.8. The van der Waals surface area contributed by atoms with E-state index in [9.17, 15) is 18.7 Å². The highest BCUT2D eigenvalue weighted by Crippen LogP contribution is 2.39. The van der Waals surface area contributed by atoms with Crippen LogP contribution in [0.3, 0.4) is 0 Å². The van der Waals surface area contributed by atoms with Gasteiger partial charge >= 0.3 is 6.03 Å². The number of anilines is 4. The van der Waals surface area contributed by atoms with Gasteiger partial charge in [-0.25, -0.2) is 28.6 Å². The number of rotatable bonds is 5. The van der Waals surface area contributed by atoms with E-state index in [1.165, 1.54) is 19.5 Å². The Bertz CT molecular complexity index is 1150. The van der Waals surface area contributed by atoms with E-state index in [0.717, 1.165) is 48.1 Å². The van der Waals surface area contributed by atoms with Gasteiger partial charge in [0, 0.05) is 30.7 Å². The molecular formula is C22H29F2N9O2. The lowest BCUT2D eigenvalue weighted by atomic mass is 9.84.